The highest BCUT2D eigenvalue weighted by molar-refractivity contribution is 6.03. The summed E-state index contributed by atoms with van der Waals surface area (Å²) in [6, 6.07) is 17.2. The Kier molecular flexibility index (Phi) is 5.62. The number of amides is 2. The van der Waals surface area contributed by atoms with Crippen molar-refractivity contribution in [3.63, 3.8) is 0 Å². The van der Waals surface area contributed by atoms with Gasteiger partial charge in [0, 0.05) is 52.6 Å². The molecule has 0 unspecified atom stereocenters. The monoisotopic (exact) mass is 398 g/mol. The topological polar surface area (TPSA) is 86.9 Å². The number of hydrogen-bond acceptors (Lipinski definition) is 3. The molecule has 6 heteroatoms. The second-order valence-corrected chi connectivity index (χ2v) is 7.37. The zero-order valence-corrected chi connectivity index (χ0v) is 16.5. The van der Waals surface area contributed by atoms with E-state index in [9.17, 15) is 9.59 Å². The van der Waals surface area contributed by atoms with E-state index in [0.29, 0.717) is 18.7 Å². The van der Waals surface area contributed by atoms with Gasteiger partial charge >= 0.3 is 0 Å². The zero-order chi connectivity index (χ0) is 20.9. The summed E-state index contributed by atoms with van der Waals surface area (Å²) in [7, 11) is 0. The normalized spacial score (nSPS) is 13.3. The lowest BCUT2D eigenvalue weighted by molar-refractivity contribution is -0.117. The summed E-state index contributed by atoms with van der Waals surface area (Å²) in [6.45, 7) is 0.612. The van der Waals surface area contributed by atoms with Gasteiger partial charge in [-0.15, -0.1) is 0 Å². The number of aromatic nitrogens is 1. The molecule has 2 aromatic carbocycles. The minimum Gasteiger partial charge on any atom is -0.346 e. The van der Waals surface area contributed by atoms with Gasteiger partial charge in [0.15, 0.2) is 0 Å². The average Bonchev–Trinajstić information content (AvgIpc) is 3.55. The third kappa shape index (κ3) is 4.58. The molecule has 1 aliphatic rings. The van der Waals surface area contributed by atoms with Crippen LogP contribution in [0.15, 0.2) is 60.8 Å². The molecular formula is C24H22N4O2. The van der Waals surface area contributed by atoms with Crippen LogP contribution in [0.5, 0.6) is 0 Å². The number of fused-ring (bicyclic) bond motifs is 1. The van der Waals surface area contributed by atoms with Gasteiger partial charge in [0.2, 0.25) is 11.8 Å². The van der Waals surface area contributed by atoms with E-state index in [1.807, 2.05) is 35.0 Å². The number of hydrogen-bond donors (Lipinski definition) is 2. The molecule has 30 heavy (non-hydrogen) atoms. The van der Waals surface area contributed by atoms with E-state index < -0.39 is 0 Å². The van der Waals surface area contributed by atoms with Crippen molar-refractivity contribution in [1.82, 2.24) is 4.57 Å². The van der Waals surface area contributed by atoms with E-state index in [4.69, 9.17) is 5.26 Å². The Morgan fingerprint density at radius 2 is 1.77 bits per heavy atom. The predicted molar refractivity (Wildman–Crippen MR) is 118 cm³/mol. The van der Waals surface area contributed by atoms with Gasteiger partial charge in [-0.3, -0.25) is 9.59 Å². The lowest BCUT2D eigenvalue weighted by atomic mass is 10.1. The van der Waals surface area contributed by atoms with Crippen molar-refractivity contribution in [3.05, 3.63) is 66.4 Å². The van der Waals surface area contributed by atoms with E-state index in [-0.39, 0.29) is 17.7 Å². The first-order valence-electron chi connectivity index (χ1n) is 9.99. The molecule has 4 rings (SSSR count). The zero-order valence-electron chi connectivity index (χ0n) is 16.5. The first-order valence-corrected chi connectivity index (χ1v) is 9.99. The molecule has 1 aromatic heterocycles. The smallest absolute Gasteiger partial charge is 0.248 e. The maximum atomic E-state index is 12.3. The molecule has 0 saturated heterocycles. The summed E-state index contributed by atoms with van der Waals surface area (Å²) in [5, 5.41) is 15.6. The molecule has 2 amide bonds. The van der Waals surface area contributed by atoms with Crippen LogP contribution in [0, 0.1) is 17.2 Å². The molecule has 0 radical (unpaired) electrons. The number of benzene rings is 2. The molecule has 1 saturated carbocycles. The lowest BCUT2D eigenvalue weighted by Crippen LogP contribution is -2.13. The maximum absolute atomic E-state index is 12.3. The fourth-order valence-corrected chi connectivity index (χ4v) is 3.34. The van der Waals surface area contributed by atoms with Crippen molar-refractivity contribution in [3.8, 4) is 6.07 Å². The number of nitrogens with one attached hydrogen (secondary N) is 2. The van der Waals surface area contributed by atoms with Crippen molar-refractivity contribution in [1.29, 1.82) is 5.26 Å². The Balaban J connectivity index is 1.41. The van der Waals surface area contributed by atoms with Crippen LogP contribution in [-0.2, 0) is 16.1 Å². The Morgan fingerprint density at radius 3 is 2.47 bits per heavy atom. The lowest BCUT2D eigenvalue weighted by Gasteiger charge is -2.06. The molecule has 0 bridgehead atoms. The highest BCUT2D eigenvalue weighted by atomic mass is 16.2. The molecule has 2 N–H and O–H groups in total. The number of carbonyl (C=O) groups is 2. The van der Waals surface area contributed by atoms with Crippen LogP contribution in [0.4, 0.5) is 11.4 Å². The number of rotatable bonds is 7. The number of nitrogens with zero attached hydrogens (tertiary/aromatic N) is 2. The van der Waals surface area contributed by atoms with Gasteiger partial charge < -0.3 is 15.2 Å². The SMILES string of the molecule is N#CCCn1cc(C=CC(=O)Nc2ccc(NC(=O)C3CC3)cc2)c2ccccc21. The van der Waals surface area contributed by atoms with E-state index in [2.05, 4.69) is 16.7 Å². The van der Waals surface area contributed by atoms with Gasteiger partial charge in [-0.05, 0) is 49.2 Å². The number of carbonyl (C=O) groups excluding carboxylic acids is 2. The summed E-state index contributed by atoms with van der Waals surface area (Å²) in [5.74, 6) is -0.0253. The van der Waals surface area contributed by atoms with Gasteiger partial charge in [-0.2, -0.15) is 5.26 Å². The van der Waals surface area contributed by atoms with Crippen LogP contribution in [0.3, 0.4) is 0 Å². The molecule has 6 nitrogen and oxygen atoms in total. The summed E-state index contributed by atoms with van der Waals surface area (Å²) < 4.78 is 2.03. The summed E-state index contributed by atoms with van der Waals surface area (Å²) in [5.41, 5.74) is 3.35. The predicted octanol–water partition coefficient (Wildman–Crippen LogP) is 4.56. The summed E-state index contributed by atoms with van der Waals surface area (Å²) in [4.78, 5) is 24.1. The average molecular weight is 398 g/mol. The highest BCUT2D eigenvalue weighted by Crippen LogP contribution is 2.30. The summed E-state index contributed by atoms with van der Waals surface area (Å²) in [6.07, 6.45) is 7.60. The Morgan fingerprint density at radius 1 is 1.07 bits per heavy atom. The molecule has 150 valence electrons. The van der Waals surface area contributed by atoms with Crippen LogP contribution >= 0.6 is 0 Å². The molecule has 3 aromatic rings. The number of nitriles is 1. The number of para-hydroxylation sites is 1. The van der Waals surface area contributed by atoms with Crippen molar-refractivity contribution in [2.24, 2.45) is 5.92 Å². The second-order valence-electron chi connectivity index (χ2n) is 7.37. The second kappa shape index (κ2) is 8.66. The van der Waals surface area contributed by atoms with Crippen molar-refractivity contribution >= 4 is 40.2 Å². The Hall–Kier alpha value is -3.85. The van der Waals surface area contributed by atoms with Crippen LogP contribution in [0.2, 0.25) is 0 Å². The summed E-state index contributed by atoms with van der Waals surface area (Å²) >= 11 is 0. The molecule has 1 aliphatic carbocycles. The highest BCUT2D eigenvalue weighted by Gasteiger charge is 2.29. The number of anilines is 2. The minimum atomic E-state index is -0.237. The molecule has 1 heterocycles. The van der Waals surface area contributed by atoms with Crippen LogP contribution in [0.1, 0.15) is 24.8 Å². The first kappa shape index (κ1) is 19.5. The molecule has 0 atom stereocenters. The van der Waals surface area contributed by atoms with Crippen molar-refractivity contribution in [2.75, 3.05) is 10.6 Å². The minimum absolute atomic E-state index is 0.0589. The molecule has 1 fully saturated rings. The quantitative estimate of drug-likeness (QED) is 0.572. The van der Waals surface area contributed by atoms with Crippen LogP contribution in [-0.4, -0.2) is 16.4 Å². The fourth-order valence-electron chi connectivity index (χ4n) is 3.34. The van der Waals surface area contributed by atoms with E-state index in [0.717, 1.165) is 35.0 Å². The van der Waals surface area contributed by atoms with Crippen molar-refractivity contribution < 1.29 is 9.59 Å². The van der Waals surface area contributed by atoms with Gasteiger partial charge in [0.25, 0.3) is 0 Å². The Labute approximate surface area is 174 Å². The van der Waals surface area contributed by atoms with Gasteiger partial charge in [-0.1, -0.05) is 18.2 Å². The van der Waals surface area contributed by atoms with Gasteiger partial charge in [-0.25, -0.2) is 0 Å². The molecule has 0 aliphatic heterocycles. The third-order valence-corrected chi connectivity index (χ3v) is 5.07. The maximum Gasteiger partial charge on any atom is 0.248 e. The van der Waals surface area contributed by atoms with Crippen LogP contribution in [0.25, 0.3) is 17.0 Å². The van der Waals surface area contributed by atoms with Crippen molar-refractivity contribution in [2.45, 2.75) is 25.8 Å². The van der Waals surface area contributed by atoms with E-state index in [1.54, 1.807) is 30.3 Å². The van der Waals surface area contributed by atoms with Crippen LogP contribution < -0.4 is 10.6 Å². The largest absolute Gasteiger partial charge is 0.346 e. The fraction of sp³-hybridized carbons (Fsp3) is 0.208. The standard InChI is InChI=1S/C24H22N4O2/c25-14-3-15-28-16-18(21-4-1-2-5-22(21)28)8-13-23(29)26-19-9-11-20(12-10-19)27-24(30)17-6-7-17/h1-2,4-5,8-13,16-17H,3,6-7,15H2,(H,26,29)(H,27,30). The van der Waals surface area contributed by atoms with Gasteiger partial charge in [0.1, 0.15) is 0 Å². The number of aryl methyl sites for hydroxylation is 1. The van der Waals surface area contributed by atoms with E-state index in [1.165, 1.54) is 6.08 Å². The van der Waals surface area contributed by atoms with Gasteiger partial charge in [0.05, 0.1) is 12.5 Å². The van der Waals surface area contributed by atoms with E-state index >= 15 is 0 Å². The Bertz CT molecular complexity index is 1150. The molecule has 0 spiro atoms. The third-order valence-electron chi connectivity index (χ3n) is 5.07. The molecular weight excluding hydrogens is 376 g/mol. The first-order chi connectivity index (χ1) is 14.6.